The maximum absolute atomic E-state index is 12.8. The van der Waals surface area contributed by atoms with Gasteiger partial charge in [-0.2, -0.15) is 0 Å². The molecule has 0 saturated heterocycles. The molecule has 1 heterocycles. The fourth-order valence-corrected chi connectivity index (χ4v) is 4.14. The zero-order valence-corrected chi connectivity index (χ0v) is 18.1. The lowest BCUT2D eigenvalue weighted by molar-refractivity contribution is -0.122. The number of anilines is 2. The molecular weight excluding hydrogens is 394 g/mol. The zero-order chi connectivity index (χ0) is 21.8. The number of nitrogens with one attached hydrogen (secondary N) is 2. The number of benzene rings is 2. The van der Waals surface area contributed by atoms with Crippen LogP contribution in [0.5, 0.6) is 11.5 Å². The van der Waals surface area contributed by atoms with Crippen LogP contribution in [0, 0.1) is 5.92 Å². The predicted molar refractivity (Wildman–Crippen MR) is 120 cm³/mol. The first kappa shape index (κ1) is 21.0. The number of hydrogen-bond acceptors (Lipinski definition) is 5. The molecule has 2 aromatic carbocycles. The fourth-order valence-electron chi connectivity index (χ4n) is 4.14. The lowest BCUT2D eigenvalue weighted by Crippen LogP contribution is -2.34. The highest BCUT2D eigenvalue weighted by molar-refractivity contribution is 6.00. The van der Waals surface area contributed by atoms with Crippen LogP contribution >= 0.6 is 0 Å². The minimum Gasteiger partial charge on any atom is -0.493 e. The summed E-state index contributed by atoms with van der Waals surface area (Å²) in [7, 11) is 3.03. The maximum atomic E-state index is 12.8. The molecule has 0 spiro atoms. The highest BCUT2D eigenvalue weighted by Gasteiger charge is 2.27. The third kappa shape index (κ3) is 4.45. The van der Waals surface area contributed by atoms with Crippen LogP contribution in [0.15, 0.2) is 36.4 Å². The molecule has 0 radical (unpaired) electrons. The van der Waals surface area contributed by atoms with Gasteiger partial charge in [-0.3, -0.25) is 9.59 Å². The monoisotopic (exact) mass is 423 g/mol. The number of hydrogen-bond donors (Lipinski definition) is 2. The Balaban J connectivity index is 1.43. The van der Waals surface area contributed by atoms with E-state index >= 15 is 0 Å². The molecule has 0 aromatic heterocycles. The van der Waals surface area contributed by atoms with Gasteiger partial charge in [0.1, 0.15) is 0 Å². The quantitative estimate of drug-likeness (QED) is 0.682. The van der Waals surface area contributed by atoms with Crippen LogP contribution in [0.2, 0.25) is 0 Å². The smallest absolute Gasteiger partial charge is 0.251 e. The van der Waals surface area contributed by atoms with Crippen molar-refractivity contribution in [2.75, 3.05) is 44.1 Å². The van der Waals surface area contributed by atoms with Crippen molar-refractivity contribution in [3.63, 3.8) is 0 Å². The van der Waals surface area contributed by atoms with Crippen LogP contribution in [0.3, 0.4) is 0 Å². The maximum Gasteiger partial charge on any atom is 0.251 e. The third-order valence-electron chi connectivity index (χ3n) is 6.13. The lowest BCUT2D eigenvalue weighted by Gasteiger charge is -2.25. The molecular formula is C24H29N3O4. The van der Waals surface area contributed by atoms with Gasteiger partial charge in [-0.25, -0.2) is 0 Å². The number of methoxy groups -OCH3 is 2. The van der Waals surface area contributed by atoms with E-state index in [1.165, 1.54) is 25.5 Å². The van der Waals surface area contributed by atoms with Crippen molar-refractivity contribution in [3.05, 3.63) is 47.5 Å². The Morgan fingerprint density at radius 1 is 1.13 bits per heavy atom. The number of rotatable bonds is 8. The summed E-state index contributed by atoms with van der Waals surface area (Å²) in [6.07, 6.45) is 3.89. The van der Waals surface area contributed by atoms with Crippen molar-refractivity contribution < 1.29 is 19.1 Å². The van der Waals surface area contributed by atoms with E-state index in [4.69, 9.17) is 9.47 Å². The van der Waals surface area contributed by atoms with Crippen molar-refractivity contribution in [3.8, 4) is 11.5 Å². The van der Waals surface area contributed by atoms with Gasteiger partial charge in [0, 0.05) is 36.8 Å². The van der Waals surface area contributed by atoms with Gasteiger partial charge in [-0.15, -0.1) is 0 Å². The van der Waals surface area contributed by atoms with Gasteiger partial charge in [0.2, 0.25) is 5.91 Å². The zero-order valence-electron chi connectivity index (χ0n) is 18.1. The summed E-state index contributed by atoms with van der Waals surface area (Å²) in [5, 5.41) is 5.89. The second-order valence-corrected chi connectivity index (χ2v) is 8.00. The highest BCUT2D eigenvalue weighted by atomic mass is 16.5. The largest absolute Gasteiger partial charge is 0.493 e. The molecule has 1 aliphatic heterocycles. The van der Waals surface area contributed by atoms with Crippen LogP contribution in [0.4, 0.5) is 11.4 Å². The Labute approximate surface area is 182 Å². The van der Waals surface area contributed by atoms with Gasteiger partial charge in [0.25, 0.3) is 5.91 Å². The van der Waals surface area contributed by atoms with Gasteiger partial charge < -0.3 is 25.0 Å². The van der Waals surface area contributed by atoms with Crippen molar-refractivity contribution in [1.82, 2.24) is 5.32 Å². The summed E-state index contributed by atoms with van der Waals surface area (Å²) in [6.45, 7) is 2.22. The Kier molecular flexibility index (Phi) is 6.30. The summed E-state index contributed by atoms with van der Waals surface area (Å²) in [5.74, 6) is 0.592. The Morgan fingerprint density at radius 3 is 2.65 bits per heavy atom. The molecule has 1 fully saturated rings. The number of carbonyl (C=O) groups excluding carboxylic acids is 2. The molecule has 7 heteroatoms. The van der Waals surface area contributed by atoms with E-state index in [1.807, 2.05) is 6.07 Å². The van der Waals surface area contributed by atoms with E-state index in [2.05, 4.69) is 33.7 Å². The average molecular weight is 424 g/mol. The van der Waals surface area contributed by atoms with Gasteiger partial charge in [0.15, 0.2) is 11.5 Å². The molecule has 2 aromatic rings. The molecule has 1 aliphatic carbocycles. The van der Waals surface area contributed by atoms with Gasteiger partial charge in [-0.05, 0) is 43.0 Å². The molecule has 164 valence electrons. The van der Waals surface area contributed by atoms with Crippen LogP contribution in [-0.2, 0) is 11.2 Å². The van der Waals surface area contributed by atoms with Crippen molar-refractivity contribution in [1.29, 1.82) is 0 Å². The van der Waals surface area contributed by atoms with Crippen LogP contribution in [0.1, 0.15) is 35.2 Å². The van der Waals surface area contributed by atoms with Crippen molar-refractivity contribution >= 4 is 23.2 Å². The van der Waals surface area contributed by atoms with E-state index in [0.29, 0.717) is 29.3 Å². The first-order valence-corrected chi connectivity index (χ1v) is 10.8. The Morgan fingerprint density at radius 2 is 1.94 bits per heavy atom. The second kappa shape index (κ2) is 9.29. The van der Waals surface area contributed by atoms with Crippen LogP contribution < -0.4 is 25.0 Å². The average Bonchev–Trinajstić information content (AvgIpc) is 3.15. The van der Waals surface area contributed by atoms with E-state index in [1.54, 1.807) is 12.1 Å². The molecule has 0 bridgehead atoms. The number of nitrogens with zero attached hydrogens (tertiary/aromatic N) is 1. The first-order valence-electron chi connectivity index (χ1n) is 10.8. The van der Waals surface area contributed by atoms with E-state index < -0.39 is 0 Å². The number of amides is 2. The second-order valence-electron chi connectivity index (χ2n) is 8.00. The first-order chi connectivity index (χ1) is 15.1. The van der Waals surface area contributed by atoms with E-state index in [0.717, 1.165) is 38.8 Å². The number of para-hydroxylation sites is 1. The molecule has 2 N–H and O–H groups in total. The molecule has 1 saturated carbocycles. The van der Waals surface area contributed by atoms with Crippen LogP contribution in [-0.4, -0.2) is 45.7 Å². The summed E-state index contributed by atoms with van der Waals surface area (Å²) in [6, 6.07) is 11.7. The standard InChI is InChI=1S/C24H29N3O4/c1-30-21-15-18(14-19(22(21)31-2)26-24(29)17-7-5-8-17)23(28)25-11-13-27-12-10-16-6-3-4-9-20(16)27/h3-4,6,9,14-15,17H,5,7-8,10-13H2,1-2H3,(H,25,28)(H,26,29). The molecule has 2 aliphatic rings. The summed E-state index contributed by atoms with van der Waals surface area (Å²) >= 11 is 0. The summed E-state index contributed by atoms with van der Waals surface area (Å²) in [5.41, 5.74) is 3.46. The van der Waals surface area contributed by atoms with Crippen molar-refractivity contribution in [2.24, 2.45) is 5.92 Å². The molecule has 0 atom stereocenters. The van der Waals surface area contributed by atoms with Gasteiger partial charge in [0.05, 0.1) is 19.9 Å². The molecule has 2 amide bonds. The molecule has 4 rings (SSSR count). The Hall–Kier alpha value is -3.22. The summed E-state index contributed by atoms with van der Waals surface area (Å²) < 4.78 is 10.8. The third-order valence-corrected chi connectivity index (χ3v) is 6.13. The summed E-state index contributed by atoms with van der Waals surface area (Å²) in [4.78, 5) is 27.6. The van der Waals surface area contributed by atoms with Gasteiger partial charge in [-0.1, -0.05) is 24.6 Å². The number of fused-ring (bicyclic) bond motifs is 1. The molecule has 0 unspecified atom stereocenters. The van der Waals surface area contributed by atoms with Crippen molar-refractivity contribution in [2.45, 2.75) is 25.7 Å². The minimum absolute atomic E-state index is 0.0246. The SMILES string of the molecule is COc1cc(C(=O)NCCN2CCc3ccccc32)cc(NC(=O)C2CCC2)c1OC. The van der Waals surface area contributed by atoms with Gasteiger partial charge >= 0.3 is 0 Å². The normalized spacial score (nSPS) is 15.1. The molecule has 7 nitrogen and oxygen atoms in total. The Bertz CT molecular complexity index is 971. The van der Waals surface area contributed by atoms with Crippen LogP contribution in [0.25, 0.3) is 0 Å². The number of ether oxygens (including phenoxy) is 2. The highest BCUT2D eigenvalue weighted by Crippen LogP contribution is 2.38. The topological polar surface area (TPSA) is 79.9 Å². The lowest BCUT2D eigenvalue weighted by atomic mass is 9.85. The minimum atomic E-state index is -0.215. The van der Waals surface area contributed by atoms with E-state index in [-0.39, 0.29) is 17.7 Å². The predicted octanol–water partition coefficient (Wildman–Crippen LogP) is 3.23. The molecule has 31 heavy (non-hydrogen) atoms. The number of carbonyl (C=O) groups is 2. The van der Waals surface area contributed by atoms with E-state index in [9.17, 15) is 9.59 Å². The fraction of sp³-hybridized carbons (Fsp3) is 0.417.